The van der Waals surface area contributed by atoms with E-state index >= 15 is 0 Å². The number of thiophene rings is 1. The van der Waals surface area contributed by atoms with Crippen LogP contribution >= 0.6 is 11.3 Å². The predicted molar refractivity (Wildman–Crippen MR) is 66.0 cm³/mol. The van der Waals surface area contributed by atoms with Crippen LogP contribution in [0.1, 0.15) is 50.0 Å². The van der Waals surface area contributed by atoms with Crippen molar-refractivity contribution >= 4 is 11.3 Å². The van der Waals surface area contributed by atoms with E-state index in [1.165, 1.54) is 31.2 Å². The van der Waals surface area contributed by atoms with Gasteiger partial charge in [-0.15, -0.1) is 11.3 Å². The highest BCUT2D eigenvalue weighted by Crippen LogP contribution is 2.22. The van der Waals surface area contributed by atoms with E-state index in [4.69, 9.17) is 5.26 Å². The highest BCUT2D eigenvalue weighted by Gasteiger charge is 2.08. The van der Waals surface area contributed by atoms with E-state index in [2.05, 4.69) is 25.3 Å². The molecule has 0 fully saturated rings. The van der Waals surface area contributed by atoms with Gasteiger partial charge < -0.3 is 0 Å². The molecule has 1 aromatic heterocycles. The lowest BCUT2D eigenvalue weighted by Gasteiger charge is -2.12. The van der Waals surface area contributed by atoms with Crippen molar-refractivity contribution in [1.29, 1.82) is 5.26 Å². The van der Waals surface area contributed by atoms with Crippen molar-refractivity contribution in [3.63, 3.8) is 0 Å². The quantitative estimate of drug-likeness (QED) is 0.699. The highest BCUT2D eigenvalue weighted by molar-refractivity contribution is 7.10. The van der Waals surface area contributed by atoms with Gasteiger partial charge >= 0.3 is 0 Å². The van der Waals surface area contributed by atoms with Gasteiger partial charge in [0.15, 0.2) is 0 Å². The molecule has 1 rings (SSSR count). The minimum Gasteiger partial charge on any atom is -0.192 e. The van der Waals surface area contributed by atoms with Crippen molar-refractivity contribution in [2.24, 2.45) is 5.92 Å². The summed E-state index contributed by atoms with van der Waals surface area (Å²) in [5.41, 5.74) is 1.35. The van der Waals surface area contributed by atoms with Crippen molar-refractivity contribution in [3.8, 4) is 6.07 Å². The van der Waals surface area contributed by atoms with Crippen LogP contribution in [0.25, 0.3) is 0 Å². The zero-order valence-electron chi connectivity index (χ0n) is 9.62. The molecule has 2 heteroatoms. The summed E-state index contributed by atoms with van der Waals surface area (Å²) in [7, 11) is 0. The van der Waals surface area contributed by atoms with Gasteiger partial charge in [0.05, 0.1) is 0 Å². The molecule has 15 heavy (non-hydrogen) atoms. The van der Waals surface area contributed by atoms with Gasteiger partial charge in [0.1, 0.15) is 10.9 Å². The summed E-state index contributed by atoms with van der Waals surface area (Å²) in [5.74, 6) is 0.797. The fourth-order valence-corrected chi connectivity index (χ4v) is 2.53. The van der Waals surface area contributed by atoms with Gasteiger partial charge in [0, 0.05) is 0 Å². The first-order valence-electron chi connectivity index (χ1n) is 5.77. The van der Waals surface area contributed by atoms with E-state index in [-0.39, 0.29) is 0 Å². The molecular weight excluding hydrogens is 202 g/mol. The number of rotatable bonds is 6. The first-order valence-corrected chi connectivity index (χ1v) is 6.65. The zero-order chi connectivity index (χ0) is 11.1. The second kappa shape index (κ2) is 6.63. The molecule has 1 aromatic rings. The lowest BCUT2D eigenvalue weighted by molar-refractivity contribution is 0.449. The summed E-state index contributed by atoms with van der Waals surface area (Å²) in [6, 6.07) is 4.24. The molecule has 0 saturated carbocycles. The average molecular weight is 221 g/mol. The standard InChI is InChI=1S/C13H19NS/c1-3-5-6-11(4-2)7-12-8-13(9-14)15-10-12/h8,10-11H,3-7H2,1-2H3. The van der Waals surface area contributed by atoms with Gasteiger partial charge in [-0.2, -0.15) is 5.26 Å². The molecule has 1 nitrogen and oxygen atoms in total. The number of hydrogen-bond donors (Lipinski definition) is 0. The van der Waals surface area contributed by atoms with Gasteiger partial charge in [-0.3, -0.25) is 0 Å². The molecule has 82 valence electrons. The van der Waals surface area contributed by atoms with Gasteiger partial charge in [-0.1, -0.05) is 39.5 Å². The Morgan fingerprint density at radius 3 is 2.80 bits per heavy atom. The van der Waals surface area contributed by atoms with Crippen LogP contribution in [-0.4, -0.2) is 0 Å². The summed E-state index contributed by atoms with van der Waals surface area (Å²) in [6.07, 6.45) is 6.33. The second-order valence-electron chi connectivity index (χ2n) is 4.05. The number of unbranched alkanes of at least 4 members (excludes halogenated alkanes) is 1. The Kier molecular flexibility index (Phi) is 5.42. The van der Waals surface area contributed by atoms with E-state index in [1.54, 1.807) is 11.3 Å². The summed E-state index contributed by atoms with van der Waals surface area (Å²) in [4.78, 5) is 0.843. The minimum absolute atomic E-state index is 0.797. The Bertz CT molecular complexity index is 322. The van der Waals surface area contributed by atoms with Crippen molar-refractivity contribution in [1.82, 2.24) is 0 Å². The number of nitrogens with zero attached hydrogens (tertiary/aromatic N) is 1. The predicted octanol–water partition coefficient (Wildman–Crippen LogP) is 4.38. The van der Waals surface area contributed by atoms with Gasteiger partial charge in [0.2, 0.25) is 0 Å². The van der Waals surface area contributed by atoms with Crippen molar-refractivity contribution in [2.75, 3.05) is 0 Å². The Balaban J connectivity index is 2.47. The number of nitriles is 1. The van der Waals surface area contributed by atoms with Crippen LogP contribution in [0.2, 0.25) is 0 Å². The molecule has 0 radical (unpaired) electrons. The average Bonchev–Trinajstić information content (AvgIpc) is 2.71. The molecule has 0 aliphatic rings. The lowest BCUT2D eigenvalue weighted by Crippen LogP contribution is -2.02. The van der Waals surface area contributed by atoms with Crippen LogP contribution in [0, 0.1) is 17.2 Å². The first-order chi connectivity index (χ1) is 7.30. The molecule has 0 spiro atoms. The fourth-order valence-electron chi connectivity index (χ4n) is 1.82. The molecule has 1 unspecified atom stereocenters. The Morgan fingerprint density at radius 1 is 1.47 bits per heavy atom. The fraction of sp³-hybridized carbons (Fsp3) is 0.615. The second-order valence-corrected chi connectivity index (χ2v) is 4.96. The van der Waals surface area contributed by atoms with E-state index in [0.717, 1.165) is 17.2 Å². The van der Waals surface area contributed by atoms with E-state index in [1.807, 2.05) is 6.07 Å². The summed E-state index contributed by atoms with van der Waals surface area (Å²) >= 11 is 1.56. The van der Waals surface area contributed by atoms with Crippen LogP contribution in [-0.2, 0) is 6.42 Å². The summed E-state index contributed by atoms with van der Waals surface area (Å²) in [6.45, 7) is 4.50. The Morgan fingerprint density at radius 2 is 2.27 bits per heavy atom. The highest BCUT2D eigenvalue weighted by atomic mass is 32.1. The Hall–Kier alpha value is -0.810. The lowest BCUT2D eigenvalue weighted by atomic mass is 9.93. The molecule has 0 aromatic carbocycles. The first kappa shape index (κ1) is 12.3. The normalized spacial score (nSPS) is 12.3. The maximum Gasteiger partial charge on any atom is 0.110 e. The third kappa shape index (κ3) is 4.05. The molecule has 0 bridgehead atoms. The van der Waals surface area contributed by atoms with Crippen LogP contribution in [0.3, 0.4) is 0 Å². The van der Waals surface area contributed by atoms with Crippen LogP contribution in [0.5, 0.6) is 0 Å². The van der Waals surface area contributed by atoms with Crippen molar-refractivity contribution < 1.29 is 0 Å². The molecule has 0 aliphatic heterocycles. The zero-order valence-corrected chi connectivity index (χ0v) is 10.4. The molecule has 0 N–H and O–H groups in total. The smallest absolute Gasteiger partial charge is 0.110 e. The largest absolute Gasteiger partial charge is 0.192 e. The van der Waals surface area contributed by atoms with Crippen molar-refractivity contribution in [2.45, 2.75) is 46.0 Å². The van der Waals surface area contributed by atoms with Crippen molar-refractivity contribution in [3.05, 3.63) is 21.9 Å². The third-order valence-electron chi connectivity index (χ3n) is 2.83. The van der Waals surface area contributed by atoms with Gasteiger partial charge in [-0.25, -0.2) is 0 Å². The molecule has 0 saturated heterocycles. The Labute approximate surface area is 96.7 Å². The topological polar surface area (TPSA) is 23.8 Å². The molecule has 0 aliphatic carbocycles. The minimum atomic E-state index is 0.797. The van der Waals surface area contributed by atoms with E-state index in [0.29, 0.717) is 0 Å². The molecule has 1 heterocycles. The van der Waals surface area contributed by atoms with E-state index in [9.17, 15) is 0 Å². The monoisotopic (exact) mass is 221 g/mol. The van der Waals surface area contributed by atoms with E-state index < -0.39 is 0 Å². The maximum absolute atomic E-state index is 8.74. The molecular formula is C13H19NS. The van der Waals surface area contributed by atoms with Crippen LogP contribution in [0.4, 0.5) is 0 Å². The molecule has 1 atom stereocenters. The summed E-state index contributed by atoms with van der Waals surface area (Å²) < 4.78 is 0. The van der Waals surface area contributed by atoms with Crippen LogP contribution < -0.4 is 0 Å². The number of hydrogen-bond acceptors (Lipinski definition) is 2. The van der Waals surface area contributed by atoms with Gasteiger partial charge in [-0.05, 0) is 29.3 Å². The molecule has 0 amide bonds. The summed E-state index contributed by atoms with van der Waals surface area (Å²) in [5, 5.41) is 10.9. The van der Waals surface area contributed by atoms with Gasteiger partial charge in [0.25, 0.3) is 0 Å². The third-order valence-corrected chi connectivity index (χ3v) is 3.72. The maximum atomic E-state index is 8.74. The van der Waals surface area contributed by atoms with Crippen LogP contribution in [0.15, 0.2) is 11.4 Å². The SMILES string of the molecule is CCCCC(CC)Cc1csc(C#N)c1.